The maximum absolute atomic E-state index is 11.4. The number of ether oxygens (including phenoxy) is 2. The van der Waals surface area contributed by atoms with Crippen LogP contribution in [0.4, 0.5) is 0 Å². The fourth-order valence-electron chi connectivity index (χ4n) is 3.43. The lowest BCUT2D eigenvalue weighted by Gasteiger charge is -2.32. The van der Waals surface area contributed by atoms with Crippen molar-refractivity contribution in [2.75, 3.05) is 14.2 Å². The monoisotopic (exact) mass is 372 g/mol. The van der Waals surface area contributed by atoms with Crippen LogP contribution in [0.3, 0.4) is 0 Å². The Morgan fingerprint density at radius 2 is 1.81 bits per heavy atom. The number of hydrogen-bond donors (Lipinski definition) is 0. The molecule has 0 spiro atoms. The first-order valence-electron chi connectivity index (χ1n) is 8.93. The van der Waals surface area contributed by atoms with E-state index in [1.807, 2.05) is 6.08 Å². The minimum absolute atomic E-state index is 0.0379. The number of methoxy groups -OCH3 is 2. The second-order valence-corrected chi connectivity index (χ2v) is 7.57. The van der Waals surface area contributed by atoms with Gasteiger partial charge in [-0.15, -0.1) is 11.3 Å². The highest BCUT2D eigenvalue weighted by molar-refractivity contribution is 7.13. The summed E-state index contributed by atoms with van der Waals surface area (Å²) in [6.07, 6.45) is 5.36. The van der Waals surface area contributed by atoms with E-state index in [0.29, 0.717) is 0 Å². The second-order valence-electron chi connectivity index (χ2n) is 6.49. The van der Waals surface area contributed by atoms with Crippen molar-refractivity contribution in [2.24, 2.45) is 0 Å². The van der Waals surface area contributed by atoms with Crippen LogP contribution in [-0.2, 0) is 14.9 Å². The molecular weight excluding hydrogens is 344 g/mol. The Morgan fingerprint density at radius 3 is 2.35 bits per heavy atom. The fraction of sp³-hybridized carbons (Fsp3) is 0.409. The number of aryl methyl sites for hydroxylation is 2. The van der Waals surface area contributed by atoms with Gasteiger partial charge in [0.25, 0.3) is 0 Å². The van der Waals surface area contributed by atoms with Crippen LogP contribution in [0.5, 0.6) is 5.75 Å². The molecule has 0 saturated heterocycles. The van der Waals surface area contributed by atoms with Gasteiger partial charge in [0.1, 0.15) is 5.75 Å². The lowest BCUT2D eigenvalue weighted by atomic mass is 9.74. The van der Waals surface area contributed by atoms with E-state index in [0.717, 1.165) is 29.0 Å². The Morgan fingerprint density at radius 1 is 1.12 bits per heavy atom. The van der Waals surface area contributed by atoms with Crippen LogP contribution in [0, 0.1) is 13.8 Å². The molecule has 1 heterocycles. The first-order valence-corrected chi connectivity index (χ1v) is 9.75. The third-order valence-electron chi connectivity index (χ3n) is 5.15. The van der Waals surface area contributed by atoms with Crippen LogP contribution < -0.4 is 4.74 Å². The van der Waals surface area contributed by atoms with Gasteiger partial charge in [0.05, 0.1) is 14.2 Å². The number of esters is 1. The molecule has 0 atom stereocenters. The Hall–Kier alpha value is -2.07. The van der Waals surface area contributed by atoms with Gasteiger partial charge < -0.3 is 9.47 Å². The van der Waals surface area contributed by atoms with E-state index < -0.39 is 0 Å². The molecule has 1 aromatic carbocycles. The minimum atomic E-state index is -0.331. The number of carbonyl (C=O) groups excluding carboxylic acids is 1. The highest BCUT2D eigenvalue weighted by Gasteiger charge is 2.33. The summed E-state index contributed by atoms with van der Waals surface area (Å²) in [6.45, 7) is 8.65. The topological polar surface area (TPSA) is 35.5 Å². The molecule has 2 rings (SSSR count). The van der Waals surface area contributed by atoms with E-state index in [4.69, 9.17) is 9.47 Å². The number of hydrogen-bond acceptors (Lipinski definition) is 4. The standard InChI is InChI=1S/C22H28O3S/c1-7-22(8-2,17-9-10-18(24-5)15(3)13-17)20-14-16(4)19(26-20)11-12-21(23)25-6/h9-14H,7-8H2,1-6H3/b12-11+. The van der Waals surface area contributed by atoms with Crippen molar-refractivity contribution in [3.05, 3.63) is 56.8 Å². The van der Waals surface area contributed by atoms with E-state index in [-0.39, 0.29) is 11.4 Å². The maximum Gasteiger partial charge on any atom is 0.330 e. The van der Waals surface area contributed by atoms with Crippen molar-refractivity contribution < 1.29 is 14.3 Å². The van der Waals surface area contributed by atoms with Gasteiger partial charge in [-0.3, -0.25) is 0 Å². The van der Waals surface area contributed by atoms with Gasteiger partial charge >= 0.3 is 5.97 Å². The van der Waals surface area contributed by atoms with Crippen LogP contribution in [0.15, 0.2) is 30.3 Å². The zero-order valence-electron chi connectivity index (χ0n) is 16.5. The molecule has 0 radical (unpaired) electrons. The van der Waals surface area contributed by atoms with E-state index in [9.17, 15) is 4.79 Å². The number of benzene rings is 1. The molecular formula is C22H28O3S. The third kappa shape index (κ3) is 3.85. The predicted molar refractivity (Wildman–Crippen MR) is 109 cm³/mol. The van der Waals surface area contributed by atoms with Gasteiger partial charge in [0.15, 0.2) is 0 Å². The van der Waals surface area contributed by atoms with E-state index in [1.165, 1.54) is 29.2 Å². The summed E-state index contributed by atoms with van der Waals surface area (Å²) in [5.74, 6) is 0.585. The molecule has 0 aliphatic carbocycles. The zero-order valence-corrected chi connectivity index (χ0v) is 17.3. The molecule has 4 heteroatoms. The summed E-state index contributed by atoms with van der Waals surface area (Å²) >= 11 is 1.75. The normalized spacial score (nSPS) is 11.8. The quantitative estimate of drug-likeness (QED) is 0.464. The lowest BCUT2D eigenvalue weighted by molar-refractivity contribution is -0.134. The smallest absolute Gasteiger partial charge is 0.330 e. The predicted octanol–water partition coefficient (Wildman–Crippen LogP) is 5.67. The average molecular weight is 373 g/mol. The second kappa shape index (κ2) is 8.54. The van der Waals surface area contributed by atoms with Gasteiger partial charge in [-0.1, -0.05) is 26.0 Å². The Bertz CT molecular complexity index is 798. The highest BCUT2D eigenvalue weighted by Crippen LogP contribution is 2.44. The first kappa shape index (κ1) is 20.2. The van der Waals surface area contributed by atoms with Crippen molar-refractivity contribution in [3.8, 4) is 5.75 Å². The Balaban J connectivity index is 2.51. The van der Waals surface area contributed by atoms with Crippen LogP contribution in [-0.4, -0.2) is 20.2 Å². The summed E-state index contributed by atoms with van der Waals surface area (Å²) in [7, 11) is 3.10. The van der Waals surface area contributed by atoms with Gasteiger partial charge in [-0.05, 0) is 61.6 Å². The molecule has 3 nitrogen and oxygen atoms in total. The maximum atomic E-state index is 11.4. The van der Waals surface area contributed by atoms with Crippen molar-refractivity contribution in [1.82, 2.24) is 0 Å². The molecule has 0 unspecified atom stereocenters. The Kier molecular flexibility index (Phi) is 6.65. The van der Waals surface area contributed by atoms with Gasteiger partial charge in [0.2, 0.25) is 0 Å². The Labute approximate surface area is 160 Å². The number of carbonyl (C=O) groups is 1. The SMILES string of the molecule is CCC(CC)(c1ccc(OC)c(C)c1)c1cc(C)c(/C=C/C(=O)OC)s1. The first-order chi connectivity index (χ1) is 12.4. The molecule has 1 aromatic heterocycles. The fourth-order valence-corrected chi connectivity index (χ4v) is 4.86. The summed E-state index contributed by atoms with van der Waals surface area (Å²) in [6, 6.07) is 8.74. The third-order valence-corrected chi connectivity index (χ3v) is 6.56. The van der Waals surface area contributed by atoms with Crippen molar-refractivity contribution in [1.29, 1.82) is 0 Å². The summed E-state index contributed by atoms with van der Waals surface area (Å²) < 4.78 is 10.1. The summed E-state index contributed by atoms with van der Waals surface area (Å²) in [4.78, 5) is 13.8. The van der Waals surface area contributed by atoms with E-state index in [2.05, 4.69) is 52.0 Å². The molecule has 2 aromatic rings. The average Bonchev–Trinajstić information content (AvgIpc) is 3.02. The van der Waals surface area contributed by atoms with Crippen molar-refractivity contribution in [2.45, 2.75) is 46.0 Å². The van der Waals surface area contributed by atoms with E-state index >= 15 is 0 Å². The van der Waals surface area contributed by atoms with Crippen molar-refractivity contribution in [3.63, 3.8) is 0 Å². The lowest BCUT2D eigenvalue weighted by Crippen LogP contribution is -2.25. The van der Waals surface area contributed by atoms with Crippen molar-refractivity contribution >= 4 is 23.4 Å². The molecule has 0 amide bonds. The molecule has 0 aliphatic rings. The van der Waals surface area contributed by atoms with Gasteiger partial charge in [-0.25, -0.2) is 4.79 Å². The summed E-state index contributed by atoms with van der Waals surface area (Å²) in [5, 5.41) is 0. The largest absolute Gasteiger partial charge is 0.496 e. The molecule has 0 fully saturated rings. The zero-order chi connectivity index (χ0) is 19.3. The highest BCUT2D eigenvalue weighted by atomic mass is 32.1. The molecule has 0 N–H and O–H groups in total. The van der Waals surface area contributed by atoms with Crippen LogP contribution >= 0.6 is 11.3 Å². The van der Waals surface area contributed by atoms with Crippen LogP contribution in [0.25, 0.3) is 6.08 Å². The van der Waals surface area contributed by atoms with Crippen LogP contribution in [0.2, 0.25) is 0 Å². The molecule has 26 heavy (non-hydrogen) atoms. The molecule has 140 valence electrons. The minimum Gasteiger partial charge on any atom is -0.496 e. The van der Waals surface area contributed by atoms with Crippen LogP contribution in [0.1, 0.15) is 53.1 Å². The number of rotatable bonds is 7. The van der Waals surface area contributed by atoms with E-state index in [1.54, 1.807) is 18.4 Å². The van der Waals surface area contributed by atoms with Gasteiger partial charge in [-0.2, -0.15) is 0 Å². The molecule has 0 aliphatic heterocycles. The molecule has 0 saturated carbocycles. The molecule has 0 bridgehead atoms. The summed E-state index contributed by atoms with van der Waals surface area (Å²) in [5.41, 5.74) is 3.60. The van der Waals surface area contributed by atoms with Gasteiger partial charge in [0, 0.05) is 21.2 Å². The number of thiophene rings is 1.